The number of carbonyl (C=O) groups excluding carboxylic acids is 2. The maximum absolute atomic E-state index is 13.2. The molecule has 0 aliphatic rings. The van der Waals surface area contributed by atoms with E-state index in [0.29, 0.717) is 24.5 Å². The molecule has 1 N–H and O–H groups in total. The first kappa shape index (κ1) is 22.0. The molecular formula is C23H29ClN2O2. The zero-order valence-corrected chi connectivity index (χ0v) is 17.8. The van der Waals surface area contributed by atoms with Crippen LogP contribution in [0.5, 0.6) is 0 Å². The number of hydrogen-bond acceptors (Lipinski definition) is 2. The van der Waals surface area contributed by atoms with Crippen LogP contribution in [0.4, 0.5) is 0 Å². The summed E-state index contributed by atoms with van der Waals surface area (Å²) in [6.07, 6.45) is 0.822. The van der Waals surface area contributed by atoms with Gasteiger partial charge in [0.25, 0.3) is 0 Å². The lowest BCUT2D eigenvalue weighted by Crippen LogP contribution is -2.49. The highest BCUT2D eigenvalue weighted by Gasteiger charge is 2.28. The molecule has 2 aromatic carbocycles. The molecule has 0 saturated carbocycles. The van der Waals surface area contributed by atoms with Gasteiger partial charge in [-0.05, 0) is 61.6 Å². The summed E-state index contributed by atoms with van der Waals surface area (Å²) in [5.74, 6) is -0.177. The molecule has 5 heteroatoms. The van der Waals surface area contributed by atoms with Crippen molar-refractivity contribution in [3.8, 4) is 0 Å². The highest BCUT2D eigenvalue weighted by Crippen LogP contribution is 2.18. The SMILES string of the molecule is CCNC(=O)[C@H](CC)N(Cc1ccc(Cl)cc1)C(=O)Cc1ccc(C)c(C)c1. The van der Waals surface area contributed by atoms with Gasteiger partial charge in [0.1, 0.15) is 6.04 Å². The first-order valence-corrected chi connectivity index (χ1v) is 10.1. The molecule has 0 spiro atoms. The Morgan fingerprint density at radius 1 is 1.00 bits per heavy atom. The van der Waals surface area contributed by atoms with Crippen LogP contribution >= 0.6 is 11.6 Å². The molecule has 4 nitrogen and oxygen atoms in total. The molecule has 150 valence electrons. The molecule has 2 rings (SSSR count). The topological polar surface area (TPSA) is 49.4 Å². The fourth-order valence-electron chi connectivity index (χ4n) is 3.19. The Hall–Kier alpha value is -2.33. The molecule has 28 heavy (non-hydrogen) atoms. The van der Waals surface area contributed by atoms with Gasteiger partial charge in [0.15, 0.2) is 0 Å². The highest BCUT2D eigenvalue weighted by molar-refractivity contribution is 6.30. The maximum atomic E-state index is 13.2. The van der Waals surface area contributed by atoms with Crippen molar-refractivity contribution in [1.29, 1.82) is 0 Å². The predicted octanol–water partition coefficient (Wildman–Crippen LogP) is 4.44. The van der Waals surface area contributed by atoms with Crippen LogP contribution in [0, 0.1) is 13.8 Å². The van der Waals surface area contributed by atoms with Gasteiger partial charge in [0.05, 0.1) is 6.42 Å². The van der Waals surface area contributed by atoms with E-state index < -0.39 is 6.04 Å². The first-order valence-electron chi connectivity index (χ1n) is 9.73. The zero-order valence-electron chi connectivity index (χ0n) is 17.1. The largest absolute Gasteiger partial charge is 0.355 e. The van der Waals surface area contributed by atoms with E-state index in [1.165, 1.54) is 5.56 Å². The van der Waals surface area contributed by atoms with Crippen molar-refractivity contribution in [2.24, 2.45) is 0 Å². The normalized spacial score (nSPS) is 11.8. The van der Waals surface area contributed by atoms with Crippen LogP contribution in [-0.4, -0.2) is 29.3 Å². The smallest absolute Gasteiger partial charge is 0.242 e. The van der Waals surface area contributed by atoms with Gasteiger partial charge in [-0.15, -0.1) is 0 Å². The van der Waals surface area contributed by atoms with Gasteiger partial charge in [-0.3, -0.25) is 9.59 Å². The van der Waals surface area contributed by atoms with Crippen LogP contribution in [0.2, 0.25) is 5.02 Å². The fourth-order valence-corrected chi connectivity index (χ4v) is 3.31. The predicted molar refractivity (Wildman–Crippen MR) is 114 cm³/mol. The second-order valence-corrected chi connectivity index (χ2v) is 7.50. The van der Waals surface area contributed by atoms with E-state index in [-0.39, 0.29) is 18.2 Å². The van der Waals surface area contributed by atoms with E-state index >= 15 is 0 Å². The van der Waals surface area contributed by atoms with Crippen LogP contribution in [0.3, 0.4) is 0 Å². The van der Waals surface area contributed by atoms with Gasteiger partial charge in [0.2, 0.25) is 11.8 Å². The molecule has 0 bridgehead atoms. The van der Waals surface area contributed by atoms with Crippen LogP contribution in [0.1, 0.15) is 42.5 Å². The molecule has 0 aliphatic heterocycles. The molecule has 0 fully saturated rings. The van der Waals surface area contributed by atoms with E-state index in [2.05, 4.69) is 12.2 Å². The second-order valence-electron chi connectivity index (χ2n) is 7.06. The van der Waals surface area contributed by atoms with Crippen LogP contribution in [-0.2, 0) is 22.6 Å². The first-order chi connectivity index (χ1) is 13.3. The summed E-state index contributed by atoms with van der Waals surface area (Å²) in [7, 11) is 0. The number of nitrogens with one attached hydrogen (secondary N) is 1. The third-order valence-electron chi connectivity index (χ3n) is 4.93. The average molecular weight is 401 g/mol. The Morgan fingerprint density at radius 2 is 1.64 bits per heavy atom. The van der Waals surface area contributed by atoms with Crippen LogP contribution < -0.4 is 5.32 Å². The lowest BCUT2D eigenvalue weighted by atomic mass is 10.0. The lowest BCUT2D eigenvalue weighted by Gasteiger charge is -2.30. The molecule has 0 aliphatic carbocycles. The quantitative estimate of drug-likeness (QED) is 0.711. The van der Waals surface area contributed by atoms with E-state index in [1.807, 2.05) is 51.1 Å². The molecule has 2 amide bonds. The van der Waals surface area contributed by atoms with E-state index in [0.717, 1.165) is 16.7 Å². The Balaban J connectivity index is 2.28. The minimum absolute atomic E-state index is 0.0590. The molecule has 1 atom stereocenters. The Bertz CT molecular complexity index is 818. The number of aryl methyl sites for hydroxylation is 2. The van der Waals surface area contributed by atoms with E-state index in [9.17, 15) is 9.59 Å². The summed E-state index contributed by atoms with van der Waals surface area (Å²) in [6, 6.07) is 12.9. The van der Waals surface area contributed by atoms with Gasteiger partial charge in [-0.25, -0.2) is 0 Å². The summed E-state index contributed by atoms with van der Waals surface area (Å²) in [6.45, 7) is 8.81. The third kappa shape index (κ3) is 5.83. The Kier molecular flexibility index (Phi) is 8.06. The standard InChI is InChI=1S/C23H29ClN2O2/c1-5-21(23(28)25-6-2)26(15-18-9-11-20(24)12-10-18)22(27)14-19-8-7-16(3)17(4)13-19/h7-13,21H,5-6,14-15H2,1-4H3,(H,25,28)/t21-/m0/s1. The van der Waals surface area contributed by atoms with E-state index in [1.54, 1.807) is 17.0 Å². The molecule has 0 saturated heterocycles. The molecule has 2 aromatic rings. The minimum atomic E-state index is -0.505. The van der Waals surface area contributed by atoms with Crippen molar-refractivity contribution < 1.29 is 9.59 Å². The number of benzene rings is 2. The van der Waals surface area contributed by atoms with E-state index in [4.69, 9.17) is 11.6 Å². The molecule has 0 aromatic heterocycles. The van der Waals surface area contributed by atoms with Crippen molar-refractivity contribution in [3.63, 3.8) is 0 Å². The second kappa shape index (κ2) is 10.3. The highest BCUT2D eigenvalue weighted by atomic mass is 35.5. The number of hydrogen-bond donors (Lipinski definition) is 1. The fraction of sp³-hybridized carbons (Fsp3) is 0.391. The average Bonchev–Trinajstić information content (AvgIpc) is 2.66. The molecule has 0 heterocycles. The summed E-state index contributed by atoms with van der Waals surface area (Å²) < 4.78 is 0. The van der Waals surface area contributed by atoms with Gasteiger partial charge in [-0.2, -0.15) is 0 Å². The number of nitrogens with zero attached hydrogens (tertiary/aromatic N) is 1. The van der Waals surface area contributed by atoms with Gasteiger partial charge in [-0.1, -0.05) is 48.9 Å². The summed E-state index contributed by atoms with van der Waals surface area (Å²) in [5.41, 5.74) is 4.26. The molecule has 0 radical (unpaired) electrons. The Labute approximate surface area is 172 Å². The van der Waals surface area contributed by atoms with Crippen LogP contribution in [0.25, 0.3) is 0 Å². The van der Waals surface area contributed by atoms with Crippen molar-refractivity contribution in [2.45, 2.75) is 53.1 Å². The van der Waals surface area contributed by atoms with Crippen molar-refractivity contribution in [3.05, 3.63) is 69.7 Å². The zero-order chi connectivity index (χ0) is 20.7. The van der Waals surface area contributed by atoms with Gasteiger partial charge in [0, 0.05) is 18.1 Å². The summed E-state index contributed by atoms with van der Waals surface area (Å²) in [5, 5.41) is 3.50. The van der Waals surface area contributed by atoms with Gasteiger partial charge < -0.3 is 10.2 Å². The summed E-state index contributed by atoms with van der Waals surface area (Å²) in [4.78, 5) is 27.5. The maximum Gasteiger partial charge on any atom is 0.242 e. The lowest BCUT2D eigenvalue weighted by molar-refractivity contribution is -0.140. The van der Waals surface area contributed by atoms with Gasteiger partial charge >= 0.3 is 0 Å². The van der Waals surface area contributed by atoms with Crippen molar-refractivity contribution >= 4 is 23.4 Å². The minimum Gasteiger partial charge on any atom is -0.355 e. The monoisotopic (exact) mass is 400 g/mol. The van der Waals surface area contributed by atoms with Crippen molar-refractivity contribution in [1.82, 2.24) is 10.2 Å². The third-order valence-corrected chi connectivity index (χ3v) is 5.18. The van der Waals surface area contributed by atoms with Crippen LogP contribution in [0.15, 0.2) is 42.5 Å². The molecule has 0 unspecified atom stereocenters. The number of halogens is 1. The Morgan fingerprint density at radius 3 is 2.21 bits per heavy atom. The summed E-state index contributed by atoms with van der Waals surface area (Å²) >= 11 is 5.98. The number of likely N-dealkylation sites (N-methyl/N-ethyl adjacent to an activating group) is 1. The molecular weight excluding hydrogens is 372 g/mol. The number of amides is 2. The number of carbonyl (C=O) groups is 2. The number of rotatable bonds is 8. The van der Waals surface area contributed by atoms with Crippen molar-refractivity contribution in [2.75, 3.05) is 6.54 Å².